The van der Waals surface area contributed by atoms with Gasteiger partial charge in [-0.05, 0) is 0 Å². The van der Waals surface area contributed by atoms with Crippen LogP contribution in [-0.4, -0.2) is 23.4 Å². The average Bonchev–Trinajstić information content (AvgIpc) is 2.34. The number of unbranched alkanes of at least 4 members (excludes halogenated alkanes) is 6. The summed E-state index contributed by atoms with van der Waals surface area (Å²) in [7, 11) is -1.85. The molecule has 0 aromatic rings. The van der Waals surface area contributed by atoms with Gasteiger partial charge in [0.2, 0.25) is 0 Å². The van der Waals surface area contributed by atoms with E-state index in [4.69, 9.17) is 0 Å². The molecular formula is C15H35OP. The van der Waals surface area contributed by atoms with Gasteiger partial charge >= 0.3 is 109 Å². The molecule has 0 rings (SSSR count). The second kappa shape index (κ2) is 11.5. The van der Waals surface area contributed by atoms with E-state index in [0.29, 0.717) is 0 Å². The van der Waals surface area contributed by atoms with Crippen molar-refractivity contribution in [3.8, 4) is 0 Å². The minimum absolute atomic E-state index is 1.15. The van der Waals surface area contributed by atoms with Crippen molar-refractivity contribution >= 4 is 7.49 Å². The van der Waals surface area contributed by atoms with E-state index < -0.39 is 7.49 Å². The van der Waals surface area contributed by atoms with Gasteiger partial charge in [0.15, 0.2) is 0 Å². The van der Waals surface area contributed by atoms with Crippen molar-refractivity contribution in [2.75, 3.05) is 18.5 Å². The normalized spacial score (nSPS) is 12.9. The van der Waals surface area contributed by atoms with Crippen molar-refractivity contribution in [2.24, 2.45) is 0 Å². The van der Waals surface area contributed by atoms with Crippen molar-refractivity contribution in [3.63, 3.8) is 0 Å². The van der Waals surface area contributed by atoms with Crippen LogP contribution in [0.2, 0.25) is 0 Å². The molecule has 0 aliphatic heterocycles. The molecule has 0 saturated carbocycles. The standard InChI is InChI=1S/C15H35OP/c1-4-7-10-11-12-15-17(16,13-8-5-2)14-9-6-3/h16-17H,4-15H2,1-3H3. The monoisotopic (exact) mass is 262 g/mol. The first-order chi connectivity index (χ1) is 8.18. The second-order valence-electron chi connectivity index (χ2n) is 5.60. The van der Waals surface area contributed by atoms with Gasteiger partial charge in [-0.25, -0.2) is 0 Å². The predicted molar refractivity (Wildman–Crippen MR) is 83.7 cm³/mol. The van der Waals surface area contributed by atoms with E-state index in [-0.39, 0.29) is 0 Å². The molecular weight excluding hydrogens is 227 g/mol. The molecule has 2 heteroatoms. The molecule has 106 valence electrons. The SMILES string of the molecule is CCCCCCC[PH](O)(CCCC)CCCC. The van der Waals surface area contributed by atoms with Crippen molar-refractivity contribution in [1.29, 1.82) is 0 Å². The summed E-state index contributed by atoms with van der Waals surface area (Å²) in [6.45, 7) is 6.72. The van der Waals surface area contributed by atoms with Crippen molar-refractivity contribution in [3.05, 3.63) is 0 Å². The first-order valence-corrected chi connectivity index (χ1v) is 10.5. The molecule has 0 amide bonds. The van der Waals surface area contributed by atoms with Crippen LogP contribution in [0.15, 0.2) is 0 Å². The molecule has 17 heavy (non-hydrogen) atoms. The third-order valence-corrected chi connectivity index (χ3v) is 7.59. The fourth-order valence-electron chi connectivity index (χ4n) is 2.44. The molecule has 1 nitrogen and oxygen atoms in total. The van der Waals surface area contributed by atoms with Gasteiger partial charge in [-0.1, -0.05) is 0 Å². The summed E-state index contributed by atoms with van der Waals surface area (Å²) in [5, 5.41) is 0. The van der Waals surface area contributed by atoms with E-state index >= 15 is 0 Å². The van der Waals surface area contributed by atoms with Crippen LogP contribution in [-0.2, 0) is 0 Å². The molecule has 0 atom stereocenters. The Morgan fingerprint density at radius 2 is 1.00 bits per heavy atom. The van der Waals surface area contributed by atoms with Crippen LogP contribution in [0, 0.1) is 0 Å². The van der Waals surface area contributed by atoms with Crippen molar-refractivity contribution in [2.45, 2.75) is 78.6 Å². The van der Waals surface area contributed by atoms with Crippen LogP contribution < -0.4 is 0 Å². The average molecular weight is 262 g/mol. The van der Waals surface area contributed by atoms with E-state index in [2.05, 4.69) is 20.8 Å². The number of rotatable bonds is 12. The Morgan fingerprint density at radius 3 is 1.47 bits per heavy atom. The molecule has 0 aliphatic carbocycles. The zero-order chi connectivity index (χ0) is 13.0. The summed E-state index contributed by atoms with van der Waals surface area (Å²) >= 11 is 0. The maximum atomic E-state index is 10.8. The van der Waals surface area contributed by atoms with E-state index in [1.807, 2.05) is 0 Å². The van der Waals surface area contributed by atoms with E-state index in [1.54, 1.807) is 0 Å². The van der Waals surface area contributed by atoms with E-state index in [0.717, 1.165) is 18.5 Å². The molecule has 0 radical (unpaired) electrons. The summed E-state index contributed by atoms with van der Waals surface area (Å²) in [5.74, 6) is 0. The summed E-state index contributed by atoms with van der Waals surface area (Å²) < 4.78 is 0. The topological polar surface area (TPSA) is 20.2 Å². The Balaban J connectivity index is 3.82. The van der Waals surface area contributed by atoms with Crippen LogP contribution >= 0.6 is 7.49 Å². The Bertz CT molecular complexity index is 151. The molecule has 0 fully saturated rings. The van der Waals surface area contributed by atoms with Gasteiger partial charge in [0, 0.05) is 0 Å². The van der Waals surface area contributed by atoms with Crippen LogP contribution in [0.5, 0.6) is 0 Å². The van der Waals surface area contributed by atoms with Crippen LogP contribution in [0.4, 0.5) is 0 Å². The van der Waals surface area contributed by atoms with Gasteiger partial charge in [-0.15, -0.1) is 0 Å². The van der Waals surface area contributed by atoms with Crippen LogP contribution in [0.3, 0.4) is 0 Å². The minimum atomic E-state index is -1.85. The number of hydrogen-bond donors (Lipinski definition) is 1. The number of hydrogen-bond acceptors (Lipinski definition) is 1. The van der Waals surface area contributed by atoms with Gasteiger partial charge in [0.25, 0.3) is 0 Å². The molecule has 0 aromatic carbocycles. The van der Waals surface area contributed by atoms with Crippen LogP contribution in [0.1, 0.15) is 78.6 Å². The third kappa shape index (κ3) is 10.0. The molecule has 0 heterocycles. The van der Waals surface area contributed by atoms with Gasteiger partial charge in [-0.2, -0.15) is 0 Å². The first-order valence-electron chi connectivity index (χ1n) is 7.91. The zero-order valence-corrected chi connectivity index (χ0v) is 13.4. The van der Waals surface area contributed by atoms with Crippen molar-refractivity contribution < 1.29 is 4.89 Å². The summed E-state index contributed by atoms with van der Waals surface area (Å²) in [4.78, 5) is 10.8. The van der Waals surface area contributed by atoms with Gasteiger partial charge in [0.05, 0.1) is 0 Å². The van der Waals surface area contributed by atoms with E-state index in [1.165, 1.54) is 57.8 Å². The molecule has 1 N–H and O–H groups in total. The van der Waals surface area contributed by atoms with E-state index in [9.17, 15) is 4.89 Å². The molecule has 0 spiro atoms. The Morgan fingerprint density at radius 1 is 0.588 bits per heavy atom. The Kier molecular flexibility index (Phi) is 11.7. The molecule has 0 aromatic heterocycles. The molecule has 0 saturated heterocycles. The second-order valence-corrected chi connectivity index (χ2v) is 9.54. The zero-order valence-electron chi connectivity index (χ0n) is 12.4. The van der Waals surface area contributed by atoms with Gasteiger partial charge in [0.1, 0.15) is 0 Å². The third-order valence-electron chi connectivity index (χ3n) is 3.74. The maximum absolute atomic E-state index is 10.8. The molecule has 0 unspecified atom stereocenters. The quantitative estimate of drug-likeness (QED) is 0.378. The molecule has 0 aliphatic rings. The fourth-order valence-corrected chi connectivity index (χ4v) is 6.13. The summed E-state index contributed by atoms with van der Waals surface area (Å²) in [5.41, 5.74) is 0. The fraction of sp³-hybridized carbons (Fsp3) is 1.00. The van der Waals surface area contributed by atoms with Gasteiger partial charge in [-0.3, -0.25) is 0 Å². The predicted octanol–water partition coefficient (Wildman–Crippen LogP) is 5.21. The van der Waals surface area contributed by atoms with Gasteiger partial charge < -0.3 is 0 Å². The Labute approximate surface area is 110 Å². The first kappa shape index (κ1) is 17.4. The summed E-state index contributed by atoms with van der Waals surface area (Å²) in [6.07, 6.45) is 15.1. The molecule has 0 bridgehead atoms. The van der Waals surface area contributed by atoms with Crippen molar-refractivity contribution in [1.82, 2.24) is 0 Å². The Hall–Kier alpha value is 0.390. The summed E-state index contributed by atoms with van der Waals surface area (Å²) in [6, 6.07) is 0. The van der Waals surface area contributed by atoms with Crippen LogP contribution in [0.25, 0.3) is 0 Å².